The fourth-order valence-electron chi connectivity index (χ4n) is 2.70. The molecule has 0 aliphatic rings. The molecule has 0 aliphatic heterocycles. The lowest BCUT2D eigenvalue weighted by atomic mass is 10.2. The first-order valence-corrected chi connectivity index (χ1v) is 7.75. The minimum Gasteiger partial charge on any atom is -0.494 e. The van der Waals surface area contributed by atoms with Crippen LogP contribution in [0.25, 0.3) is 17.2 Å². The van der Waals surface area contributed by atoms with Gasteiger partial charge in [0, 0.05) is 6.07 Å². The summed E-state index contributed by atoms with van der Waals surface area (Å²) < 4.78 is 18.2. The lowest BCUT2D eigenvalue weighted by Crippen LogP contribution is -2.06. The van der Waals surface area contributed by atoms with Crippen molar-refractivity contribution in [1.29, 1.82) is 0 Å². The zero-order valence-corrected chi connectivity index (χ0v) is 14.9. The average molecular weight is 340 g/mol. The highest BCUT2D eigenvalue weighted by Crippen LogP contribution is 2.36. The standard InChI is InChI=1S/C18H20N4O3/c1-11-9-13(19-16(10-11)25-5)18-21-20-12(2)22(18)17-14(23-3)7-6-8-15(17)24-4/h6-10H,1-5H3. The van der Waals surface area contributed by atoms with E-state index >= 15 is 0 Å². The van der Waals surface area contributed by atoms with Gasteiger partial charge >= 0.3 is 0 Å². The molecule has 0 saturated heterocycles. The summed E-state index contributed by atoms with van der Waals surface area (Å²) in [6.45, 7) is 3.85. The Bertz CT molecular complexity index is 883. The van der Waals surface area contributed by atoms with Crippen molar-refractivity contribution in [3.05, 3.63) is 41.7 Å². The number of rotatable bonds is 5. The second-order valence-corrected chi connectivity index (χ2v) is 5.49. The van der Waals surface area contributed by atoms with E-state index in [2.05, 4.69) is 15.2 Å². The average Bonchev–Trinajstić information content (AvgIpc) is 3.01. The highest BCUT2D eigenvalue weighted by molar-refractivity contribution is 5.64. The maximum atomic E-state index is 5.52. The maximum Gasteiger partial charge on any atom is 0.213 e. The van der Waals surface area contributed by atoms with Crippen LogP contribution in [0.3, 0.4) is 0 Å². The summed E-state index contributed by atoms with van der Waals surface area (Å²) >= 11 is 0. The van der Waals surface area contributed by atoms with E-state index in [0.717, 1.165) is 11.3 Å². The molecular formula is C18H20N4O3. The summed E-state index contributed by atoms with van der Waals surface area (Å²) in [5.74, 6) is 3.11. The Kier molecular flexibility index (Phi) is 4.56. The normalized spacial score (nSPS) is 10.6. The van der Waals surface area contributed by atoms with Crippen molar-refractivity contribution in [3.63, 3.8) is 0 Å². The fourth-order valence-corrected chi connectivity index (χ4v) is 2.70. The van der Waals surface area contributed by atoms with Gasteiger partial charge in [0.25, 0.3) is 0 Å². The maximum absolute atomic E-state index is 5.52. The van der Waals surface area contributed by atoms with Crippen LogP contribution in [-0.2, 0) is 0 Å². The Morgan fingerprint density at radius 2 is 1.56 bits per heavy atom. The first-order chi connectivity index (χ1) is 12.1. The van der Waals surface area contributed by atoms with Gasteiger partial charge in [-0.15, -0.1) is 10.2 Å². The topological polar surface area (TPSA) is 71.3 Å². The number of ether oxygens (including phenoxy) is 3. The van der Waals surface area contributed by atoms with Gasteiger partial charge in [-0.05, 0) is 37.6 Å². The summed E-state index contributed by atoms with van der Waals surface area (Å²) in [7, 11) is 4.82. The minimum atomic E-state index is 0.522. The Balaban J connectivity index is 2.28. The molecule has 3 rings (SSSR count). The van der Waals surface area contributed by atoms with Crippen LogP contribution in [0.1, 0.15) is 11.4 Å². The quantitative estimate of drug-likeness (QED) is 0.711. The zero-order valence-electron chi connectivity index (χ0n) is 14.9. The number of pyridine rings is 1. The molecule has 25 heavy (non-hydrogen) atoms. The van der Waals surface area contributed by atoms with Crippen LogP contribution in [0.4, 0.5) is 0 Å². The predicted octanol–water partition coefficient (Wildman–Crippen LogP) is 2.97. The predicted molar refractivity (Wildman–Crippen MR) is 93.7 cm³/mol. The van der Waals surface area contributed by atoms with E-state index in [1.165, 1.54) is 0 Å². The number of aromatic nitrogens is 4. The molecule has 0 fully saturated rings. The van der Waals surface area contributed by atoms with Crippen LogP contribution < -0.4 is 14.2 Å². The number of nitrogens with zero attached hydrogens (tertiary/aromatic N) is 4. The van der Waals surface area contributed by atoms with E-state index in [1.54, 1.807) is 21.3 Å². The van der Waals surface area contributed by atoms with E-state index in [9.17, 15) is 0 Å². The van der Waals surface area contributed by atoms with Crippen molar-refractivity contribution in [1.82, 2.24) is 19.7 Å². The molecule has 130 valence electrons. The van der Waals surface area contributed by atoms with Gasteiger partial charge in [-0.1, -0.05) is 6.07 Å². The lowest BCUT2D eigenvalue weighted by molar-refractivity contribution is 0.390. The van der Waals surface area contributed by atoms with E-state index in [1.807, 2.05) is 48.7 Å². The monoisotopic (exact) mass is 340 g/mol. The molecule has 0 bridgehead atoms. The van der Waals surface area contributed by atoms with Crippen molar-refractivity contribution in [2.24, 2.45) is 0 Å². The molecule has 3 aromatic rings. The molecule has 0 unspecified atom stereocenters. The number of para-hydroxylation sites is 1. The van der Waals surface area contributed by atoms with Crippen LogP contribution in [-0.4, -0.2) is 41.1 Å². The third kappa shape index (κ3) is 3.00. The first-order valence-electron chi connectivity index (χ1n) is 7.75. The number of aryl methyl sites for hydroxylation is 2. The van der Waals surface area contributed by atoms with Crippen LogP contribution in [0.5, 0.6) is 17.4 Å². The van der Waals surface area contributed by atoms with Crippen LogP contribution in [0.2, 0.25) is 0 Å². The second kappa shape index (κ2) is 6.80. The number of hydrogen-bond acceptors (Lipinski definition) is 6. The molecule has 0 aliphatic carbocycles. The Morgan fingerprint density at radius 1 is 0.880 bits per heavy atom. The molecule has 0 saturated carbocycles. The van der Waals surface area contributed by atoms with E-state index in [-0.39, 0.29) is 0 Å². The summed E-state index contributed by atoms with van der Waals surface area (Å²) in [6, 6.07) is 9.40. The molecule has 7 heteroatoms. The fraction of sp³-hybridized carbons (Fsp3) is 0.278. The largest absolute Gasteiger partial charge is 0.494 e. The van der Waals surface area contributed by atoms with E-state index < -0.39 is 0 Å². The molecule has 0 radical (unpaired) electrons. The van der Waals surface area contributed by atoms with Gasteiger partial charge < -0.3 is 14.2 Å². The molecule has 2 aromatic heterocycles. The van der Waals surface area contributed by atoms with Gasteiger partial charge in [0.1, 0.15) is 28.7 Å². The van der Waals surface area contributed by atoms with Crippen LogP contribution >= 0.6 is 0 Å². The molecule has 0 spiro atoms. The van der Waals surface area contributed by atoms with Gasteiger partial charge in [0.15, 0.2) is 5.82 Å². The highest BCUT2D eigenvalue weighted by Gasteiger charge is 2.21. The number of methoxy groups -OCH3 is 3. The van der Waals surface area contributed by atoms with Crippen molar-refractivity contribution in [3.8, 4) is 34.6 Å². The second-order valence-electron chi connectivity index (χ2n) is 5.49. The number of benzene rings is 1. The summed E-state index contributed by atoms with van der Waals surface area (Å²) in [5.41, 5.74) is 2.40. The van der Waals surface area contributed by atoms with Gasteiger partial charge in [-0.3, -0.25) is 4.57 Å². The van der Waals surface area contributed by atoms with Gasteiger partial charge in [0.05, 0.1) is 21.3 Å². The van der Waals surface area contributed by atoms with Crippen molar-refractivity contribution >= 4 is 0 Å². The highest BCUT2D eigenvalue weighted by atomic mass is 16.5. The summed E-state index contributed by atoms with van der Waals surface area (Å²) in [4.78, 5) is 4.51. The Hall–Kier alpha value is -3.09. The summed E-state index contributed by atoms with van der Waals surface area (Å²) in [5, 5.41) is 8.54. The summed E-state index contributed by atoms with van der Waals surface area (Å²) in [6.07, 6.45) is 0. The van der Waals surface area contributed by atoms with Crippen LogP contribution in [0.15, 0.2) is 30.3 Å². The van der Waals surface area contributed by atoms with Gasteiger partial charge in [-0.25, -0.2) is 4.98 Å². The van der Waals surface area contributed by atoms with Crippen molar-refractivity contribution in [2.45, 2.75) is 13.8 Å². The minimum absolute atomic E-state index is 0.522. The van der Waals surface area contributed by atoms with E-state index in [0.29, 0.717) is 34.7 Å². The molecule has 0 amide bonds. The smallest absolute Gasteiger partial charge is 0.213 e. The van der Waals surface area contributed by atoms with Gasteiger partial charge in [-0.2, -0.15) is 0 Å². The van der Waals surface area contributed by atoms with Crippen molar-refractivity contribution < 1.29 is 14.2 Å². The molecule has 1 aromatic carbocycles. The third-order valence-corrected chi connectivity index (χ3v) is 3.83. The zero-order chi connectivity index (χ0) is 18.0. The SMILES string of the molecule is COc1cc(C)cc(-c2nnc(C)n2-c2c(OC)cccc2OC)n1. The molecule has 7 nitrogen and oxygen atoms in total. The van der Waals surface area contributed by atoms with Crippen molar-refractivity contribution in [2.75, 3.05) is 21.3 Å². The van der Waals surface area contributed by atoms with E-state index in [4.69, 9.17) is 14.2 Å². The molecule has 0 N–H and O–H groups in total. The first kappa shape index (κ1) is 16.8. The Morgan fingerprint density at radius 3 is 2.16 bits per heavy atom. The third-order valence-electron chi connectivity index (χ3n) is 3.83. The molecule has 0 atom stereocenters. The van der Waals surface area contributed by atoms with Crippen LogP contribution in [0, 0.1) is 13.8 Å². The molecule has 2 heterocycles. The Labute approximate surface area is 146 Å². The van der Waals surface area contributed by atoms with Gasteiger partial charge in [0.2, 0.25) is 5.88 Å². The number of hydrogen-bond donors (Lipinski definition) is 0. The molecular weight excluding hydrogens is 320 g/mol. The lowest BCUT2D eigenvalue weighted by Gasteiger charge is -2.16.